The van der Waals surface area contributed by atoms with Gasteiger partial charge in [-0.2, -0.15) is 0 Å². The third-order valence-corrected chi connectivity index (χ3v) is 4.67. The molecule has 0 fully saturated rings. The molecule has 0 rings (SSSR count). The molecule has 1 unspecified atom stereocenters. The fourth-order valence-corrected chi connectivity index (χ4v) is 4.89. The summed E-state index contributed by atoms with van der Waals surface area (Å²) in [5, 5.41) is 9.43. The molecule has 0 aliphatic heterocycles. The van der Waals surface area contributed by atoms with Crippen LogP contribution in [-0.4, -0.2) is 24.6 Å². The van der Waals surface area contributed by atoms with Gasteiger partial charge in [0.05, 0.1) is 0 Å². The van der Waals surface area contributed by atoms with Crippen LogP contribution in [0.15, 0.2) is 0 Å². The van der Waals surface area contributed by atoms with Crippen LogP contribution in [0.4, 0.5) is 0 Å². The Bertz CT molecular complexity index is 262. The summed E-state index contributed by atoms with van der Waals surface area (Å²) in [6, 6.07) is 0. The maximum atomic E-state index is 10.9. The van der Waals surface area contributed by atoms with Gasteiger partial charge in [0.1, 0.15) is 8.28 Å². The Hall–Kier alpha value is 0.260. The highest BCUT2D eigenvalue weighted by molar-refractivity contribution is 8.47. The summed E-state index contributed by atoms with van der Waals surface area (Å²) in [7, 11) is 0. The first-order valence-electron chi connectivity index (χ1n) is 5.28. The van der Waals surface area contributed by atoms with Gasteiger partial charge in [-0.05, 0) is 26.2 Å². The number of rotatable bonds is 5. The molecule has 5 heteroatoms. The van der Waals surface area contributed by atoms with E-state index in [1.54, 1.807) is 25.6 Å². The van der Waals surface area contributed by atoms with E-state index in [0.29, 0.717) is 11.2 Å². The number of thiocarbonyl (C=S) groups is 1. The number of carboxylic acids is 1. The van der Waals surface area contributed by atoms with E-state index in [-0.39, 0.29) is 0 Å². The van der Waals surface area contributed by atoms with Crippen LogP contribution in [0.5, 0.6) is 0 Å². The van der Waals surface area contributed by atoms with Crippen LogP contribution in [0.2, 0.25) is 0 Å². The van der Waals surface area contributed by atoms with Crippen LogP contribution in [0, 0.1) is 5.92 Å². The molecule has 0 aromatic heterocycles. The molecule has 1 atom stereocenters. The van der Waals surface area contributed by atoms with E-state index >= 15 is 0 Å². The lowest BCUT2D eigenvalue weighted by Crippen LogP contribution is -2.28. The number of aliphatic carboxylic acids is 1. The van der Waals surface area contributed by atoms with E-state index < -0.39 is 10.7 Å². The highest BCUT2D eigenvalue weighted by Crippen LogP contribution is 2.34. The minimum atomic E-state index is -0.832. The van der Waals surface area contributed by atoms with Crippen molar-refractivity contribution in [3.05, 3.63) is 0 Å². The van der Waals surface area contributed by atoms with E-state index in [1.807, 2.05) is 0 Å². The first-order chi connectivity index (χ1) is 7.15. The van der Waals surface area contributed by atoms with E-state index in [9.17, 15) is 4.79 Å². The van der Waals surface area contributed by atoms with E-state index in [1.165, 1.54) is 11.8 Å². The second-order valence-electron chi connectivity index (χ2n) is 4.73. The average molecular weight is 280 g/mol. The molecule has 0 heterocycles. The molecule has 0 aromatic rings. The van der Waals surface area contributed by atoms with Gasteiger partial charge in [0.15, 0.2) is 0 Å². The van der Waals surface area contributed by atoms with Gasteiger partial charge in [0, 0.05) is 5.25 Å². The first-order valence-corrected chi connectivity index (χ1v) is 7.38. The minimum Gasteiger partial charge on any atom is -0.480 e. The molecule has 0 amide bonds. The van der Waals surface area contributed by atoms with Crippen molar-refractivity contribution in [3.63, 3.8) is 0 Å². The van der Waals surface area contributed by atoms with Gasteiger partial charge >= 0.3 is 5.97 Å². The van der Waals surface area contributed by atoms with Crippen molar-refractivity contribution in [2.24, 2.45) is 5.92 Å². The summed E-state index contributed by atoms with van der Waals surface area (Å²) < 4.78 is -0.109. The largest absolute Gasteiger partial charge is 0.480 e. The van der Waals surface area contributed by atoms with Crippen LogP contribution in [0.1, 0.15) is 41.0 Å². The van der Waals surface area contributed by atoms with Crippen molar-refractivity contribution in [2.75, 3.05) is 0 Å². The number of carbonyl (C=O) groups is 1. The van der Waals surface area contributed by atoms with Gasteiger partial charge in [0.25, 0.3) is 0 Å². The Labute approximate surface area is 112 Å². The van der Waals surface area contributed by atoms with Crippen molar-refractivity contribution in [1.29, 1.82) is 0 Å². The van der Waals surface area contributed by atoms with Crippen LogP contribution in [0.25, 0.3) is 0 Å². The van der Waals surface area contributed by atoms with Gasteiger partial charge < -0.3 is 5.11 Å². The fraction of sp³-hybridized carbons (Fsp3) is 0.818. The fourth-order valence-electron chi connectivity index (χ4n) is 1.15. The lowest BCUT2D eigenvalue weighted by molar-refractivity contribution is -0.138. The van der Waals surface area contributed by atoms with Crippen molar-refractivity contribution < 1.29 is 9.90 Å². The zero-order chi connectivity index (χ0) is 12.9. The van der Waals surface area contributed by atoms with Gasteiger partial charge in [-0.3, -0.25) is 4.79 Å². The first kappa shape index (κ1) is 16.3. The minimum absolute atomic E-state index is 0.449. The Morgan fingerprint density at radius 1 is 1.38 bits per heavy atom. The maximum Gasteiger partial charge on any atom is 0.319 e. The highest BCUT2D eigenvalue weighted by Gasteiger charge is 2.30. The molecule has 0 aliphatic carbocycles. The van der Waals surface area contributed by atoms with Crippen molar-refractivity contribution in [3.8, 4) is 0 Å². The van der Waals surface area contributed by atoms with Crippen molar-refractivity contribution in [1.82, 2.24) is 0 Å². The normalized spacial score (nSPS) is 13.9. The Morgan fingerprint density at radius 2 is 1.88 bits per heavy atom. The van der Waals surface area contributed by atoms with Gasteiger partial charge in [-0.1, -0.05) is 44.8 Å². The average Bonchev–Trinajstić information content (AvgIpc) is 1.99. The topological polar surface area (TPSA) is 37.3 Å². The third-order valence-electron chi connectivity index (χ3n) is 1.95. The molecular weight excluding hydrogens is 260 g/mol. The zero-order valence-corrected chi connectivity index (χ0v) is 12.9. The van der Waals surface area contributed by atoms with Crippen molar-refractivity contribution in [2.45, 2.75) is 51.0 Å². The van der Waals surface area contributed by atoms with E-state index in [0.717, 1.165) is 9.95 Å². The number of hydrogen-bond donors (Lipinski definition) is 1. The zero-order valence-electron chi connectivity index (χ0n) is 10.4. The standard InChI is InChI=1S/C11H20O2S3/c1-7(2)6-8(3)15-10(14)16-11(4,5)9(12)13/h7-8H,6H2,1-5H3,(H,12,13). The van der Waals surface area contributed by atoms with Crippen LogP contribution < -0.4 is 0 Å². The predicted octanol–water partition coefficient (Wildman–Crippen LogP) is 4.04. The van der Waals surface area contributed by atoms with E-state index in [4.69, 9.17) is 17.3 Å². The smallest absolute Gasteiger partial charge is 0.319 e. The molecule has 0 saturated carbocycles. The Balaban J connectivity index is 4.14. The summed E-state index contributed by atoms with van der Waals surface area (Å²) in [5.74, 6) is -0.181. The van der Waals surface area contributed by atoms with E-state index in [2.05, 4.69) is 20.8 Å². The summed E-state index contributed by atoms with van der Waals surface area (Å²) in [6.45, 7) is 9.84. The number of thioether (sulfide) groups is 2. The predicted molar refractivity (Wildman–Crippen MR) is 78.4 cm³/mol. The quantitative estimate of drug-likeness (QED) is 0.769. The van der Waals surface area contributed by atoms with Crippen LogP contribution in [0.3, 0.4) is 0 Å². The molecule has 94 valence electrons. The summed E-state index contributed by atoms with van der Waals surface area (Å²) in [5.41, 5.74) is 0. The van der Waals surface area contributed by atoms with Crippen LogP contribution in [-0.2, 0) is 4.79 Å². The molecular formula is C11H20O2S3. The lowest BCUT2D eigenvalue weighted by atomic mass is 10.1. The number of hydrogen-bond acceptors (Lipinski definition) is 4. The molecule has 0 radical (unpaired) electrons. The molecule has 0 aliphatic rings. The highest BCUT2D eigenvalue weighted by atomic mass is 32.2. The summed E-state index contributed by atoms with van der Waals surface area (Å²) >= 11 is 8.08. The van der Waals surface area contributed by atoms with Gasteiger partial charge in [0.2, 0.25) is 0 Å². The molecule has 0 bridgehead atoms. The molecule has 16 heavy (non-hydrogen) atoms. The monoisotopic (exact) mass is 280 g/mol. The molecule has 1 N–H and O–H groups in total. The van der Waals surface area contributed by atoms with Gasteiger partial charge in [-0.15, -0.1) is 11.8 Å². The Morgan fingerprint density at radius 3 is 2.25 bits per heavy atom. The molecule has 0 aromatic carbocycles. The molecule has 0 saturated heterocycles. The summed E-state index contributed by atoms with van der Waals surface area (Å²) in [6.07, 6.45) is 1.10. The maximum absolute atomic E-state index is 10.9. The SMILES string of the molecule is CC(C)CC(C)SC(=S)SC(C)(C)C(=O)O. The van der Waals surface area contributed by atoms with Crippen molar-refractivity contribution >= 4 is 45.2 Å². The van der Waals surface area contributed by atoms with Gasteiger partial charge in [-0.25, -0.2) is 0 Å². The molecule has 2 nitrogen and oxygen atoms in total. The summed E-state index contributed by atoms with van der Waals surface area (Å²) in [4.78, 5) is 10.9. The van der Waals surface area contributed by atoms with Crippen LogP contribution >= 0.6 is 35.7 Å². The second kappa shape index (κ2) is 6.87. The lowest BCUT2D eigenvalue weighted by Gasteiger charge is -2.20. The molecule has 0 spiro atoms. The Kier molecular flexibility index (Phi) is 6.98. The number of carboxylic acid groups (broad SMARTS) is 1. The second-order valence-corrected chi connectivity index (χ2v) is 8.99. The third kappa shape index (κ3) is 6.76.